The van der Waals surface area contributed by atoms with Gasteiger partial charge >= 0.3 is 0 Å². The number of amides is 1. The van der Waals surface area contributed by atoms with Gasteiger partial charge in [0.1, 0.15) is 0 Å². The Morgan fingerprint density at radius 2 is 1.86 bits per heavy atom. The average Bonchev–Trinajstić information content (AvgIpc) is 2.97. The summed E-state index contributed by atoms with van der Waals surface area (Å²) in [6.45, 7) is 3.80. The molecule has 9 heteroatoms. The summed E-state index contributed by atoms with van der Waals surface area (Å²) in [7, 11) is 0. The highest BCUT2D eigenvalue weighted by Gasteiger charge is 2.17. The number of rotatable bonds is 5. The number of anilines is 1. The molecule has 0 bridgehead atoms. The van der Waals surface area contributed by atoms with Crippen molar-refractivity contribution in [1.29, 1.82) is 0 Å². The molecular weight excluding hydrogens is 403 g/mol. The Balaban J connectivity index is 1.81. The number of nitrogens with one attached hydrogen (secondary N) is 1. The highest BCUT2D eigenvalue weighted by atomic mass is 35.5. The van der Waals surface area contributed by atoms with E-state index in [1.54, 1.807) is 35.9 Å². The average molecular weight is 419 g/mol. The number of aromatic nitrogens is 2. The highest BCUT2D eigenvalue weighted by molar-refractivity contribution is 6.35. The quantitative estimate of drug-likeness (QED) is 0.465. The van der Waals surface area contributed by atoms with Crippen LogP contribution in [0.2, 0.25) is 10.0 Å². The summed E-state index contributed by atoms with van der Waals surface area (Å²) in [5.74, 6) is -0.155. The Morgan fingerprint density at radius 3 is 2.50 bits per heavy atom. The molecule has 0 aliphatic rings. The summed E-state index contributed by atoms with van der Waals surface area (Å²) in [6.07, 6.45) is 0. The van der Waals surface area contributed by atoms with Crippen LogP contribution in [0, 0.1) is 24.0 Å². The molecule has 0 aliphatic heterocycles. The number of carbonyl (C=O) groups excluding carboxylic acids is 1. The molecule has 3 aromatic rings. The number of hydrogen-bond acceptors (Lipinski definition) is 4. The number of aryl methyl sites for hydroxylation is 2. The topological polar surface area (TPSA) is 90.1 Å². The van der Waals surface area contributed by atoms with Crippen LogP contribution in [0.1, 0.15) is 27.2 Å². The minimum Gasteiger partial charge on any atom is -0.305 e. The lowest BCUT2D eigenvalue weighted by Gasteiger charge is -2.08. The lowest BCUT2D eigenvalue weighted by Crippen LogP contribution is -2.13. The molecule has 0 saturated heterocycles. The fourth-order valence-corrected chi connectivity index (χ4v) is 3.22. The summed E-state index contributed by atoms with van der Waals surface area (Å²) < 4.78 is 1.67. The fraction of sp³-hybridized carbons (Fsp3) is 0.158. The molecule has 0 radical (unpaired) electrons. The molecular formula is C19H16Cl2N4O3. The second-order valence-electron chi connectivity index (χ2n) is 6.24. The third-order valence-electron chi connectivity index (χ3n) is 4.26. The number of nitro groups is 1. The van der Waals surface area contributed by atoms with E-state index >= 15 is 0 Å². The van der Waals surface area contributed by atoms with E-state index in [1.165, 1.54) is 18.2 Å². The number of hydrogen-bond donors (Lipinski definition) is 1. The van der Waals surface area contributed by atoms with Crippen molar-refractivity contribution in [1.82, 2.24) is 9.78 Å². The molecule has 1 N–H and O–H groups in total. The van der Waals surface area contributed by atoms with E-state index < -0.39 is 10.8 Å². The molecule has 0 saturated carbocycles. The molecule has 0 spiro atoms. The molecule has 0 aliphatic carbocycles. The minimum atomic E-state index is -0.516. The molecule has 1 aromatic heterocycles. The fourth-order valence-electron chi connectivity index (χ4n) is 2.70. The van der Waals surface area contributed by atoms with E-state index in [0.29, 0.717) is 28.0 Å². The van der Waals surface area contributed by atoms with Crippen LogP contribution in [0.5, 0.6) is 0 Å². The molecule has 28 heavy (non-hydrogen) atoms. The molecule has 0 atom stereocenters. The van der Waals surface area contributed by atoms with Crippen molar-refractivity contribution in [3.05, 3.63) is 85.0 Å². The van der Waals surface area contributed by atoms with E-state index in [-0.39, 0.29) is 11.3 Å². The van der Waals surface area contributed by atoms with Gasteiger partial charge < -0.3 is 5.32 Å². The Kier molecular flexibility index (Phi) is 5.67. The largest absolute Gasteiger partial charge is 0.305 e. The van der Waals surface area contributed by atoms with Gasteiger partial charge in [-0.2, -0.15) is 5.10 Å². The zero-order chi connectivity index (χ0) is 20.4. The zero-order valence-electron chi connectivity index (χ0n) is 15.1. The number of carbonyl (C=O) groups is 1. The summed E-state index contributed by atoms with van der Waals surface area (Å²) in [4.78, 5) is 23.0. The molecule has 7 nitrogen and oxygen atoms in total. The number of benzene rings is 2. The molecule has 3 rings (SSSR count). The molecule has 1 amide bonds. The van der Waals surface area contributed by atoms with Crippen LogP contribution in [-0.2, 0) is 6.54 Å². The Bertz CT molecular complexity index is 1060. The van der Waals surface area contributed by atoms with Gasteiger partial charge in [-0.25, -0.2) is 0 Å². The maximum absolute atomic E-state index is 12.5. The van der Waals surface area contributed by atoms with Gasteiger partial charge in [0.15, 0.2) is 5.82 Å². The zero-order valence-corrected chi connectivity index (χ0v) is 16.6. The van der Waals surface area contributed by atoms with E-state index in [0.717, 1.165) is 11.3 Å². The molecule has 1 heterocycles. The van der Waals surface area contributed by atoms with Crippen LogP contribution >= 0.6 is 23.2 Å². The first-order chi connectivity index (χ1) is 13.3. The van der Waals surface area contributed by atoms with Crippen molar-refractivity contribution in [3.63, 3.8) is 0 Å². The number of nitrogens with zero attached hydrogens (tertiary/aromatic N) is 3. The third kappa shape index (κ3) is 4.16. The summed E-state index contributed by atoms with van der Waals surface area (Å²) in [6, 6.07) is 11.3. The maximum atomic E-state index is 12.5. The second kappa shape index (κ2) is 8.00. The minimum absolute atomic E-state index is 0.109. The van der Waals surface area contributed by atoms with Crippen molar-refractivity contribution >= 4 is 40.6 Å². The van der Waals surface area contributed by atoms with Crippen LogP contribution in [0.15, 0.2) is 42.5 Å². The van der Waals surface area contributed by atoms with Crippen LogP contribution in [0.3, 0.4) is 0 Å². The van der Waals surface area contributed by atoms with E-state index in [2.05, 4.69) is 10.4 Å². The molecule has 0 fully saturated rings. The standard InChI is InChI=1S/C19H16Cl2N4O3/c1-11-6-7-13(9-17(11)25(27)28)19(26)22-18-8-12(2)24(23-18)10-14-15(20)4-3-5-16(14)21/h3-9H,10H2,1-2H3,(H,22,23,26). The van der Waals surface area contributed by atoms with E-state index in [9.17, 15) is 14.9 Å². The van der Waals surface area contributed by atoms with Crippen LogP contribution < -0.4 is 5.32 Å². The van der Waals surface area contributed by atoms with E-state index in [4.69, 9.17) is 23.2 Å². The first kappa shape index (κ1) is 19.9. The second-order valence-corrected chi connectivity index (χ2v) is 7.06. The Hall–Kier alpha value is -2.90. The van der Waals surface area contributed by atoms with Crippen LogP contribution in [-0.4, -0.2) is 20.6 Å². The van der Waals surface area contributed by atoms with Crippen LogP contribution in [0.4, 0.5) is 11.5 Å². The van der Waals surface area contributed by atoms with Crippen molar-refractivity contribution in [2.45, 2.75) is 20.4 Å². The van der Waals surface area contributed by atoms with Gasteiger partial charge in [-0.1, -0.05) is 35.3 Å². The highest BCUT2D eigenvalue weighted by Crippen LogP contribution is 2.26. The van der Waals surface area contributed by atoms with Gasteiger partial charge in [0.2, 0.25) is 0 Å². The Labute approximate surface area is 171 Å². The van der Waals surface area contributed by atoms with E-state index in [1.807, 2.05) is 6.92 Å². The first-order valence-electron chi connectivity index (χ1n) is 8.30. The maximum Gasteiger partial charge on any atom is 0.273 e. The molecule has 0 unspecified atom stereocenters. The number of halogens is 2. The van der Waals surface area contributed by atoms with Gasteiger partial charge in [-0.05, 0) is 32.0 Å². The monoisotopic (exact) mass is 418 g/mol. The molecule has 144 valence electrons. The smallest absolute Gasteiger partial charge is 0.273 e. The van der Waals surface area contributed by atoms with Gasteiger partial charge in [-0.15, -0.1) is 0 Å². The predicted octanol–water partition coefficient (Wildman–Crippen LogP) is 5.02. The Morgan fingerprint density at radius 1 is 1.18 bits per heavy atom. The van der Waals surface area contributed by atoms with Crippen molar-refractivity contribution in [2.75, 3.05) is 5.32 Å². The molecule has 2 aromatic carbocycles. The predicted molar refractivity (Wildman–Crippen MR) is 108 cm³/mol. The van der Waals surface area contributed by atoms with Gasteiger partial charge in [0, 0.05) is 44.6 Å². The van der Waals surface area contributed by atoms with Crippen molar-refractivity contribution in [3.8, 4) is 0 Å². The normalized spacial score (nSPS) is 10.7. The van der Waals surface area contributed by atoms with Crippen molar-refractivity contribution < 1.29 is 9.72 Å². The first-order valence-corrected chi connectivity index (χ1v) is 9.05. The SMILES string of the molecule is Cc1ccc(C(=O)Nc2cc(C)n(Cc3c(Cl)cccc3Cl)n2)cc1[N+](=O)[O-]. The lowest BCUT2D eigenvalue weighted by atomic mass is 10.1. The lowest BCUT2D eigenvalue weighted by molar-refractivity contribution is -0.385. The van der Waals surface area contributed by atoms with Crippen LogP contribution in [0.25, 0.3) is 0 Å². The van der Waals surface area contributed by atoms with Gasteiger partial charge in [0.25, 0.3) is 11.6 Å². The van der Waals surface area contributed by atoms with Gasteiger partial charge in [0.05, 0.1) is 11.5 Å². The third-order valence-corrected chi connectivity index (χ3v) is 4.97. The van der Waals surface area contributed by atoms with Gasteiger partial charge in [-0.3, -0.25) is 19.6 Å². The van der Waals surface area contributed by atoms with Crippen molar-refractivity contribution in [2.24, 2.45) is 0 Å². The summed E-state index contributed by atoms with van der Waals surface area (Å²) in [5, 5.41) is 19.1. The number of nitro benzene ring substituents is 1. The summed E-state index contributed by atoms with van der Waals surface area (Å²) in [5.41, 5.74) is 2.07. The summed E-state index contributed by atoms with van der Waals surface area (Å²) >= 11 is 12.4.